The van der Waals surface area contributed by atoms with Crippen molar-refractivity contribution in [3.05, 3.63) is 11.9 Å². The maximum absolute atomic E-state index is 10.1. The topological polar surface area (TPSA) is 56.5 Å². The molecule has 0 saturated heterocycles. The number of ether oxygens (including phenoxy) is 2. The summed E-state index contributed by atoms with van der Waals surface area (Å²) < 4.78 is 11.9. The second kappa shape index (κ2) is 5.86. The minimum absolute atomic E-state index is 0.191. The maximum atomic E-state index is 10.1. The monoisotopic (exact) mass is 228 g/mol. The Labute approximate surface area is 96.0 Å². The zero-order valence-corrected chi connectivity index (χ0v) is 10.3. The van der Waals surface area contributed by atoms with E-state index in [1.54, 1.807) is 25.1 Å². The molecule has 0 fully saturated rings. The minimum atomic E-state index is -0.611. The van der Waals surface area contributed by atoms with Gasteiger partial charge in [0.05, 0.1) is 13.3 Å². The van der Waals surface area contributed by atoms with Gasteiger partial charge in [-0.15, -0.1) is 0 Å². The third-order valence-corrected chi connectivity index (χ3v) is 2.42. The zero-order valence-electron chi connectivity index (χ0n) is 10.3. The summed E-state index contributed by atoms with van der Waals surface area (Å²) in [6, 6.07) is 0.191. The first-order valence-electron chi connectivity index (χ1n) is 5.40. The van der Waals surface area contributed by atoms with Crippen LogP contribution in [0.2, 0.25) is 0 Å². The fourth-order valence-electron chi connectivity index (χ4n) is 1.61. The maximum Gasteiger partial charge on any atom is 0.162 e. The van der Waals surface area contributed by atoms with Gasteiger partial charge in [-0.3, -0.25) is 4.68 Å². The Hall–Kier alpha value is -1.07. The third kappa shape index (κ3) is 2.74. The number of nitrogens with zero attached hydrogens (tertiary/aromatic N) is 2. The predicted octanol–water partition coefficient (Wildman–Crippen LogP) is 1.54. The molecule has 1 heterocycles. The number of aliphatic hydroxyl groups is 1. The molecule has 1 aromatic rings. The van der Waals surface area contributed by atoms with Crippen molar-refractivity contribution < 1.29 is 14.6 Å². The molecule has 1 rings (SSSR count). The van der Waals surface area contributed by atoms with Crippen LogP contribution in [-0.2, 0) is 4.74 Å². The van der Waals surface area contributed by atoms with Crippen LogP contribution in [0.1, 0.15) is 38.1 Å². The van der Waals surface area contributed by atoms with Crippen LogP contribution in [-0.4, -0.2) is 35.7 Å². The van der Waals surface area contributed by atoms with Crippen LogP contribution in [0.25, 0.3) is 0 Å². The molecule has 1 N–H and O–H groups in total. The third-order valence-electron chi connectivity index (χ3n) is 2.42. The van der Waals surface area contributed by atoms with Crippen molar-refractivity contribution >= 4 is 0 Å². The molecular weight excluding hydrogens is 208 g/mol. The lowest BCUT2D eigenvalue weighted by atomic mass is 10.1. The number of methoxy groups -OCH3 is 2. The van der Waals surface area contributed by atoms with Crippen molar-refractivity contribution in [1.29, 1.82) is 0 Å². The highest BCUT2D eigenvalue weighted by Gasteiger charge is 2.20. The van der Waals surface area contributed by atoms with Crippen LogP contribution in [0.5, 0.6) is 5.75 Å². The Morgan fingerprint density at radius 2 is 2.12 bits per heavy atom. The summed E-state index contributed by atoms with van der Waals surface area (Å²) in [4.78, 5) is 0. The molecule has 5 heteroatoms. The molecule has 0 saturated carbocycles. The highest BCUT2D eigenvalue weighted by molar-refractivity contribution is 5.27. The summed E-state index contributed by atoms with van der Waals surface area (Å²) in [7, 11) is 3.19. The molecule has 92 valence electrons. The van der Waals surface area contributed by atoms with Gasteiger partial charge in [0.2, 0.25) is 0 Å². The molecule has 0 aromatic carbocycles. The number of aliphatic hydroxyl groups excluding tert-OH is 1. The van der Waals surface area contributed by atoms with E-state index in [0.29, 0.717) is 18.8 Å². The number of hydrogen-bond acceptors (Lipinski definition) is 4. The molecule has 0 aliphatic carbocycles. The zero-order chi connectivity index (χ0) is 12.1. The average molecular weight is 228 g/mol. The lowest BCUT2D eigenvalue weighted by Crippen LogP contribution is -2.13. The van der Waals surface area contributed by atoms with Crippen molar-refractivity contribution in [3.63, 3.8) is 0 Å². The molecule has 0 bridgehead atoms. The lowest BCUT2D eigenvalue weighted by molar-refractivity contribution is 0.101. The Morgan fingerprint density at radius 3 is 2.62 bits per heavy atom. The predicted molar refractivity (Wildman–Crippen MR) is 60.6 cm³/mol. The van der Waals surface area contributed by atoms with Gasteiger partial charge in [-0.25, -0.2) is 0 Å². The molecule has 0 spiro atoms. The molecule has 1 aromatic heterocycles. The highest BCUT2D eigenvalue weighted by Crippen LogP contribution is 2.29. The van der Waals surface area contributed by atoms with E-state index in [1.165, 1.54) is 0 Å². The summed E-state index contributed by atoms with van der Waals surface area (Å²) >= 11 is 0. The van der Waals surface area contributed by atoms with Crippen molar-refractivity contribution in [3.8, 4) is 5.75 Å². The van der Waals surface area contributed by atoms with Crippen LogP contribution in [0.4, 0.5) is 0 Å². The SMILES string of the molecule is COCCC(O)c1c(OC)cnn1C(C)C. The van der Waals surface area contributed by atoms with Crippen LogP contribution in [0, 0.1) is 0 Å². The summed E-state index contributed by atoms with van der Waals surface area (Å²) in [6.45, 7) is 4.53. The molecular formula is C11H20N2O3. The first kappa shape index (κ1) is 13.0. The highest BCUT2D eigenvalue weighted by atomic mass is 16.5. The van der Waals surface area contributed by atoms with Crippen LogP contribution in [0.15, 0.2) is 6.20 Å². The first-order chi connectivity index (χ1) is 7.61. The Morgan fingerprint density at radius 1 is 1.44 bits per heavy atom. The van der Waals surface area contributed by atoms with Crippen LogP contribution < -0.4 is 4.74 Å². The van der Waals surface area contributed by atoms with Crippen molar-refractivity contribution in [2.75, 3.05) is 20.8 Å². The van der Waals surface area contributed by atoms with E-state index in [2.05, 4.69) is 5.10 Å². The summed E-state index contributed by atoms with van der Waals surface area (Å²) in [5.74, 6) is 0.623. The standard InChI is InChI=1S/C11H20N2O3/c1-8(2)13-11(9(14)5-6-15-3)10(16-4)7-12-13/h7-9,14H,5-6H2,1-4H3. The normalized spacial score (nSPS) is 13.1. The number of hydrogen-bond donors (Lipinski definition) is 1. The Kier molecular flexibility index (Phi) is 4.76. The molecule has 0 aliphatic heterocycles. The number of aromatic nitrogens is 2. The number of rotatable bonds is 6. The van der Waals surface area contributed by atoms with Crippen molar-refractivity contribution in [1.82, 2.24) is 9.78 Å². The fourth-order valence-corrected chi connectivity index (χ4v) is 1.61. The van der Waals surface area contributed by atoms with Gasteiger partial charge in [-0.05, 0) is 13.8 Å². The quantitative estimate of drug-likeness (QED) is 0.802. The van der Waals surface area contributed by atoms with Gasteiger partial charge in [-0.2, -0.15) is 5.10 Å². The van der Waals surface area contributed by atoms with Gasteiger partial charge in [0, 0.05) is 26.2 Å². The first-order valence-corrected chi connectivity index (χ1v) is 5.40. The second-order valence-corrected chi connectivity index (χ2v) is 3.93. The van der Waals surface area contributed by atoms with Crippen molar-refractivity contribution in [2.45, 2.75) is 32.4 Å². The summed E-state index contributed by atoms with van der Waals surface area (Å²) in [5.41, 5.74) is 0.717. The van der Waals surface area contributed by atoms with E-state index < -0.39 is 6.10 Å². The van der Waals surface area contributed by atoms with E-state index in [0.717, 1.165) is 5.69 Å². The molecule has 0 amide bonds. The molecule has 1 unspecified atom stereocenters. The largest absolute Gasteiger partial charge is 0.493 e. The summed E-state index contributed by atoms with van der Waals surface area (Å²) in [6.07, 6.45) is 1.55. The molecule has 0 radical (unpaired) electrons. The Bertz CT molecular complexity index is 323. The minimum Gasteiger partial charge on any atom is -0.493 e. The van der Waals surface area contributed by atoms with E-state index in [1.807, 2.05) is 13.8 Å². The lowest BCUT2D eigenvalue weighted by Gasteiger charge is -2.16. The molecule has 16 heavy (non-hydrogen) atoms. The van der Waals surface area contributed by atoms with Crippen LogP contribution >= 0.6 is 0 Å². The van der Waals surface area contributed by atoms with Crippen LogP contribution in [0.3, 0.4) is 0 Å². The van der Waals surface area contributed by atoms with Gasteiger partial charge in [0.25, 0.3) is 0 Å². The van der Waals surface area contributed by atoms with Gasteiger partial charge >= 0.3 is 0 Å². The average Bonchev–Trinajstić information content (AvgIpc) is 2.69. The molecule has 0 aliphatic rings. The van der Waals surface area contributed by atoms with Crippen molar-refractivity contribution in [2.24, 2.45) is 0 Å². The molecule has 1 atom stereocenters. The molecule has 5 nitrogen and oxygen atoms in total. The van der Waals surface area contributed by atoms with Gasteiger partial charge < -0.3 is 14.6 Å². The fraction of sp³-hybridized carbons (Fsp3) is 0.727. The van der Waals surface area contributed by atoms with Gasteiger partial charge in [0.1, 0.15) is 11.8 Å². The van der Waals surface area contributed by atoms with E-state index >= 15 is 0 Å². The summed E-state index contributed by atoms with van der Waals surface area (Å²) in [5, 5.41) is 14.3. The van der Waals surface area contributed by atoms with E-state index in [-0.39, 0.29) is 6.04 Å². The smallest absolute Gasteiger partial charge is 0.162 e. The Balaban J connectivity index is 2.93. The van der Waals surface area contributed by atoms with Gasteiger partial charge in [0.15, 0.2) is 5.75 Å². The second-order valence-electron chi connectivity index (χ2n) is 3.93. The van der Waals surface area contributed by atoms with E-state index in [4.69, 9.17) is 9.47 Å². The van der Waals surface area contributed by atoms with Gasteiger partial charge in [-0.1, -0.05) is 0 Å². The van der Waals surface area contributed by atoms with E-state index in [9.17, 15) is 5.11 Å².